The number of ether oxygens (including phenoxy) is 4. The summed E-state index contributed by atoms with van der Waals surface area (Å²) < 4.78 is 22.2. The van der Waals surface area contributed by atoms with Crippen molar-refractivity contribution in [3.8, 4) is 0 Å². The average molecular weight is 869 g/mol. The quantitative estimate of drug-likeness (QED) is 0.0264. The summed E-state index contributed by atoms with van der Waals surface area (Å²) in [5, 5.41) is 40.2. The Balaban J connectivity index is 2.22. The minimum Gasteiger partial charge on any atom is -0.462 e. The van der Waals surface area contributed by atoms with Crippen molar-refractivity contribution >= 4 is 11.9 Å². The number of unbranched alkanes of at least 4 members (excludes halogenated alkanes) is 31. The minimum atomic E-state index is -1.59. The van der Waals surface area contributed by atoms with E-state index in [0.717, 1.165) is 51.4 Å². The molecule has 10 heteroatoms. The first-order valence-electron chi connectivity index (χ1n) is 25.8. The van der Waals surface area contributed by atoms with E-state index in [1.165, 1.54) is 161 Å². The molecule has 0 saturated carbocycles. The van der Waals surface area contributed by atoms with Crippen LogP contribution in [-0.4, -0.2) is 89.0 Å². The van der Waals surface area contributed by atoms with Gasteiger partial charge in [-0.2, -0.15) is 0 Å². The highest BCUT2D eigenvalue weighted by molar-refractivity contribution is 5.70. The van der Waals surface area contributed by atoms with Crippen LogP contribution in [0.25, 0.3) is 0 Å². The lowest BCUT2D eigenvalue weighted by atomic mass is 9.99. The molecular formula is C51H96O10. The summed E-state index contributed by atoms with van der Waals surface area (Å²) in [7, 11) is 0. The van der Waals surface area contributed by atoms with Crippen LogP contribution in [0.5, 0.6) is 0 Å². The van der Waals surface area contributed by atoms with Crippen LogP contribution >= 0.6 is 0 Å². The Morgan fingerprint density at radius 1 is 0.492 bits per heavy atom. The van der Waals surface area contributed by atoms with Gasteiger partial charge >= 0.3 is 11.9 Å². The van der Waals surface area contributed by atoms with E-state index in [2.05, 4.69) is 26.0 Å². The molecule has 0 bridgehead atoms. The van der Waals surface area contributed by atoms with Gasteiger partial charge in [0.05, 0.1) is 13.2 Å². The molecule has 1 aliphatic rings. The van der Waals surface area contributed by atoms with Crippen molar-refractivity contribution < 1.29 is 49.0 Å². The normalized spacial score (nSPS) is 19.7. The number of carbonyl (C=O) groups excluding carboxylic acids is 2. The second-order valence-electron chi connectivity index (χ2n) is 18.0. The van der Waals surface area contributed by atoms with Crippen molar-refractivity contribution in [3.05, 3.63) is 12.2 Å². The van der Waals surface area contributed by atoms with Gasteiger partial charge in [0.15, 0.2) is 12.4 Å². The number of esters is 2. The number of carbonyl (C=O) groups is 2. The van der Waals surface area contributed by atoms with Gasteiger partial charge in [0.2, 0.25) is 0 Å². The lowest BCUT2D eigenvalue weighted by Gasteiger charge is -2.39. The van der Waals surface area contributed by atoms with Crippen LogP contribution in [0.1, 0.15) is 245 Å². The fourth-order valence-corrected chi connectivity index (χ4v) is 8.07. The van der Waals surface area contributed by atoms with Crippen LogP contribution in [-0.2, 0) is 28.5 Å². The van der Waals surface area contributed by atoms with Gasteiger partial charge < -0.3 is 39.4 Å². The number of hydrogen-bond donors (Lipinski definition) is 4. The Morgan fingerprint density at radius 2 is 0.869 bits per heavy atom. The summed E-state index contributed by atoms with van der Waals surface area (Å²) in [5.41, 5.74) is 0. The summed E-state index contributed by atoms with van der Waals surface area (Å²) in [5.74, 6) is -0.802. The maximum absolute atomic E-state index is 12.8. The van der Waals surface area contributed by atoms with Gasteiger partial charge in [-0.1, -0.05) is 206 Å². The van der Waals surface area contributed by atoms with Gasteiger partial charge in [0.1, 0.15) is 31.0 Å². The van der Waals surface area contributed by atoms with E-state index < -0.39 is 49.4 Å². The standard InChI is InChI=1S/C51H96O10/c1-3-5-7-9-11-13-15-17-19-20-21-22-23-24-25-26-28-29-31-33-35-37-39-46(53)58-42-44(43-59-51-50(57)49(56)48(55)45(41-52)61-51)60-47(54)40-38-36-34-32-30-27-18-16-14-12-10-8-6-4-2/h16,18,44-45,48-52,55-57H,3-15,17,19-43H2,1-2H3/b18-16-. The van der Waals surface area contributed by atoms with Gasteiger partial charge in [0, 0.05) is 12.8 Å². The minimum absolute atomic E-state index is 0.215. The molecule has 61 heavy (non-hydrogen) atoms. The predicted octanol–water partition coefficient (Wildman–Crippen LogP) is 11.9. The fraction of sp³-hybridized carbons (Fsp3) is 0.922. The lowest BCUT2D eigenvalue weighted by molar-refractivity contribution is -0.305. The molecule has 0 aliphatic carbocycles. The Labute approximate surface area is 373 Å². The molecule has 1 aliphatic heterocycles. The van der Waals surface area contributed by atoms with Crippen molar-refractivity contribution in [2.75, 3.05) is 19.8 Å². The second-order valence-corrected chi connectivity index (χ2v) is 18.0. The first-order chi connectivity index (χ1) is 29.8. The Bertz CT molecular complexity index is 1010. The van der Waals surface area contributed by atoms with E-state index in [-0.39, 0.29) is 32.0 Å². The molecule has 0 aromatic carbocycles. The highest BCUT2D eigenvalue weighted by Gasteiger charge is 2.44. The highest BCUT2D eigenvalue weighted by atomic mass is 16.7. The smallest absolute Gasteiger partial charge is 0.306 e. The van der Waals surface area contributed by atoms with Crippen LogP contribution in [0.2, 0.25) is 0 Å². The van der Waals surface area contributed by atoms with E-state index in [9.17, 15) is 30.0 Å². The number of aliphatic hydroxyl groups excluding tert-OH is 4. The van der Waals surface area contributed by atoms with Gasteiger partial charge in [0.25, 0.3) is 0 Å². The van der Waals surface area contributed by atoms with Gasteiger partial charge in [-0.3, -0.25) is 9.59 Å². The van der Waals surface area contributed by atoms with Crippen LogP contribution in [0.3, 0.4) is 0 Å². The molecule has 10 nitrogen and oxygen atoms in total. The maximum atomic E-state index is 12.8. The topological polar surface area (TPSA) is 152 Å². The van der Waals surface area contributed by atoms with Crippen molar-refractivity contribution in [3.63, 3.8) is 0 Å². The molecule has 0 aromatic heterocycles. The zero-order chi connectivity index (χ0) is 44.4. The van der Waals surface area contributed by atoms with E-state index >= 15 is 0 Å². The summed E-state index contributed by atoms with van der Waals surface area (Å²) in [6, 6.07) is 0. The van der Waals surface area contributed by atoms with Crippen LogP contribution in [0.4, 0.5) is 0 Å². The van der Waals surface area contributed by atoms with Crippen molar-refractivity contribution in [2.45, 2.75) is 282 Å². The van der Waals surface area contributed by atoms with Crippen LogP contribution < -0.4 is 0 Å². The molecule has 1 heterocycles. The maximum Gasteiger partial charge on any atom is 0.306 e. The summed E-state index contributed by atoms with van der Waals surface area (Å²) in [6.45, 7) is 3.45. The number of allylic oxidation sites excluding steroid dienone is 2. The second kappa shape index (κ2) is 42.4. The molecule has 360 valence electrons. The van der Waals surface area contributed by atoms with E-state index in [1.807, 2.05) is 0 Å². The molecule has 0 radical (unpaired) electrons. The monoisotopic (exact) mass is 869 g/mol. The highest BCUT2D eigenvalue weighted by Crippen LogP contribution is 2.23. The third-order valence-corrected chi connectivity index (χ3v) is 12.2. The third-order valence-electron chi connectivity index (χ3n) is 12.2. The van der Waals surface area contributed by atoms with Crippen LogP contribution in [0.15, 0.2) is 12.2 Å². The Morgan fingerprint density at radius 3 is 1.28 bits per heavy atom. The molecule has 1 rings (SSSR count). The molecule has 6 atom stereocenters. The van der Waals surface area contributed by atoms with Gasteiger partial charge in [-0.05, 0) is 38.5 Å². The summed E-state index contributed by atoms with van der Waals surface area (Å²) in [4.78, 5) is 25.4. The average Bonchev–Trinajstić information content (AvgIpc) is 3.26. The summed E-state index contributed by atoms with van der Waals surface area (Å²) in [6.07, 6.45) is 39.4. The first kappa shape index (κ1) is 57.5. The van der Waals surface area contributed by atoms with Crippen LogP contribution in [0, 0.1) is 0 Å². The molecular weight excluding hydrogens is 773 g/mol. The zero-order valence-electron chi connectivity index (χ0n) is 39.4. The fourth-order valence-electron chi connectivity index (χ4n) is 8.07. The zero-order valence-corrected chi connectivity index (χ0v) is 39.4. The lowest BCUT2D eigenvalue weighted by Crippen LogP contribution is -2.59. The van der Waals surface area contributed by atoms with Gasteiger partial charge in [-0.25, -0.2) is 0 Å². The van der Waals surface area contributed by atoms with Crippen molar-refractivity contribution in [2.24, 2.45) is 0 Å². The summed E-state index contributed by atoms with van der Waals surface area (Å²) >= 11 is 0. The molecule has 0 amide bonds. The van der Waals surface area contributed by atoms with E-state index in [0.29, 0.717) is 6.42 Å². The molecule has 0 aromatic rings. The Kier molecular flexibility index (Phi) is 39.9. The van der Waals surface area contributed by atoms with E-state index in [1.54, 1.807) is 0 Å². The third kappa shape index (κ3) is 33.6. The molecule has 1 saturated heterocycles. The number of rotatable bonds is 44. The SMILES string of the molecule is CCCCCCC/C=C\CCCCCCCC(=O)OC(COC(=O)CCCCCCCCCCCCCCCCCCCCCCCC)COC1OC(CO)C(O)C(O)C1O. The predicted molar refractivity (Wildman–Crippen MR) is 247 cm³/mol. The Hall–Kier alpha value is -1.56. The van der Waals surface area contributed by atoms with Crippen molar-refractivity contribution in [1.29, 1.82) is 0 Å². The number of hydrogen-bond acceptors (Lipinski definition) is 10. The number of aliphatic hydroxyl groups is 4. The largest absolute Gasteiger partial charge is 0.462 e. The molecule has 4 N–H and O–H groups in total. The first-order valence-corrected chi connectivity index (χ1v) is 25.8. The van der Waals surface area contributed by atoms with Gasteiger partial charge in [-0.15, -0.1) is 0 Å². The molecule has 0 spiro atoms. The molecule has 6 unspecified atom stereocenters. The van der Waals surface area contributed by atoms with Crippen molar-refractivity contribution in [1.82, 2.24) is 0 Å². The molecule has 1 fully saturated rings. The van der Waals surface area contributed by atoms with E-state index in [4.69, 9.17) is 18.9 Å².